The number of rotatable bonds is 4. The molecule has 1 amide bonds. The van der Waals surface area contributed by atoms with Crippen LogP contribution in [0.3, 0.4) is 0 Å². The Balaban J connectivity index is 1.44. The largest absolute Gasteiger partial charge is 0.481 e. The van der Waals surface area contributed by atoms with Crippen LogP contribution in [0, 0.1) is 5.92 Å². The molecule has 1 aliphatic heterocycles. The summed E-state index contributed by atoms with van der Waals surface area (Å²) in [6.45, 7) is 1.35. The molecule has 138 valence electrons. The molecule has 5 rings (SSSR count). The number of carbonyl (C=O) groups is 1. The van der Waals surface area contributed by atoms with E-state index < -0.39 is 0 Å². The van der Waals surface area contributed by atoms with Crippen molar-refractivity contribution in [2.24, 2.45) is 13.0 Å². The van der Waals surface area contributed by atoms with Crippen LogP contribution in [-0.2, 0) is 12.5 Å². The Morgan fingerprint density at radius 3 is 2.96 bits per heavy atom. The number of carbonyl (C=O) groups excluding carboxylic acids is 1. The van der Waals surface area contributed by atoms with Gasteiger partial charge in [0.2, 0.25) is 17.7 Å². The highest BCUT2D eigenvalue weighted by molar-refractivity contribution is 5.96. The minimum atomic E-state index is -0.189. The van der Waals surface area contributed by atoms with Crippen molar-refractivity contribution in [1.82, 2.24) is 24.9 Å². The van der Waals surface area contributed by atoms with Crippen LogP contribution >= 0.6 is 0 Å². The third kappa shape index (κ3) is 2.20. The molecule has 0 N–H and O–H groups in total. The maximum absolute atomic E-state index is 13.1. The smallest absolute Gasteiger partial charge is 0.261 e. The molecule has 3 fully saturated rings. The molecule has 0 bridgehead atoms. The normalized spacial score (nSPS) is 27.8. The van der Waals surface area contributed by atoms with Crippen LogP contribution in [0.2, 0.25) is 0 Å². The molecule has 0 aromatic carbocycles. The molecule has 8 heteroatoms. The first-order valence-corrected chi connectivity index (χ1v) is 9.31. The number of amides is 1. The Labute approximate surface area is 151 Å². The van der Waals surface area contributed by atoms with Gasteiger partial charge in [0.15, 0.2) is 0 Å². The first kappa shape index (κ1) is 15.8. The van der Waals surface area contributed by atoms with Crippen molar-refractivity contribution in [1.29, 1.82) is 0 Å². The number of methoxy groups -OCH3 is 1. The van der Waals surface area contributed by atoms with Gasteiger partial charge < -0.3 is 14.1 Å². The Kier molecular flexibility index (Phi) is 3.39. The standard InChI is InChI=1S/C18H23N5O3/c1-22-16(25-2)13(8-19-22)15(24)23-9-12-4-3-7-18(12,10-23)17-21-20-14(26-17)11-5-6-11/h8,11-12H,3-7,9-10H2,1-2H3/t12-,18-/m0/s1. The Bertz CT molecular complexity index is 855. The van der Waals surface area contributed by atoms with Crippen molar-refractivity contribution in [2.75, 3.05) is 20.2 Å². The molecule has 2 saturated carbocycles. The van der Waals surface area contributed by atoms with Gasteiger partial charge in [0.1, 0.15) is 5.56 Å². The summed E-state index contributed by atoms with van der Waals surface area (Å²) in [5.41, 5.74) is 0.319. The minimum absolute atomic E-state index is 0.0364. The molecule has 2 aromatic rings. The van der Waals surface area contributed by atoms with Crippen molar-refractivity contribution in [3.63, 3.8) is 0 Å². The van der Waals surface area contributed by atoms with E-state index >= 15 is 0 Å². The molecule has 8 nitrogen and oxygen atoms in total. The summed E-state index contributed by atoms with van der Waals surface area (Å²) in [5, 5.41) is 12.8. The molecule has 26 heavy (non-hydrogen) atoms. The molecular formula is C18H23N5O3. The molecule has 3 heterocycles. The van der Waals surface area contributed by atoms with Gasteiger partial charge in [-0.25, -0.2) is 4.68 Å². The van der Waals surface area contributed by atoms with Gasteiger partial charge in [0, 0.05) is 26.1 Å². The number of likely N-dealkylation sites (tertiary alicyclic amines) is 1. The molecule has 1 saturated heterocycles. The molecule has 2 aliphatic carbocycles. The number of hydrogen-bond acceptors (Lipinski definition) is 6. The Hall–Kier alpha value is -2.38. The van der Waals surface area contributed by atoms with E-state index in [4.69, 9.17) is 9.15 Å². The van der Waals surface area contributed by atoms with E-state index in [1.165, 1.54) is 0 Å². The Morgan fingerprint density at radius 2 is 2.19 bits per heavy atom. The van der Waals surface area contributed by atoms with E-state index in [0.717, 1.165) is 50.4 Å². The SMILES string of the molecule is COc1c(C(=O)N2C[C@@H]3CCC[C@]3(c3nnc(C4CC4)o3)C2)cnn1C. The molecule has 3 aliphatic rings. The second-order valence-corrected chi connectivity index (χ2v) is 7.84. The predicted molar refractivity (Wildman–Crippen MR) is 91.0 cm³/mol. The number of ether oxygens (including phenoxy) is 1. The highest BCUT2D eigenvalue weighted by Gasteiger charge is 2.55. The fourth-order valence-corrected chi connectivity index (χ4v) is 4.71. The zero-order valence-corrected chi connectivity index (χ0v) is 15.1. The summed E-state index contributed by atoms with van der Waals surface area (Å²) >= 11 is 0. The average Bonchev–Trinajstić information content (AvgIpc) is 3.01. The fourth-order valence-electron chi connectivity index (χ4n) is 4.71. The number of fused-ring (bicyclic) bond motifs is 1. The summed E-state index contributed by atoms with van der Waals surface area (Å²) in [6, 6.07) is 0. The lowest BCUT2D eigenvalue weighted by Gasteiger charge is -2.24. The summed E-state index contributed by atoms with van der Waals surface area (Å²) in [5.74, 6) is 2.79. The van der Waals surface area contributed by atoms with E-state index in [-0.39, 0.29) is 11.3 Å². The van der Waals surface area contributed by atoms with Crippen molar-refractivity contribution in [3.05, 3.63) is 23.5 Å². The molecular weight excluding hydrogens is 334 g/mol. The van der Waals surface area contributed by atoms with Crippen LogP contribution in [0.5, 0.6) is 5.88 Å². The fraction of sp³-hybridized carbons (Fsp3) is 0.667. The van der Waals surface area contributed by atoms with Gasteiger partial charge in [-0.3, -0.25) is 4.79 Å². The van der Waals surface area contributed by atoms with E-state index in [2.05, 4.69) is 15.3 Å². The summed E-state index contributed by atoms with van der Waals surface area (Å²) in [6.07, 6.45) is 7.10. The van der Waals surface area contributed by atoms with Gasteiger partial charge in [-0.15, -0.1) is 10.2 Å². The second-order valence-electron chi connectivity index (χ2n) is 7.84. The number of aryl methyl sites for hydroxylation is 1. The van der Waals surface area contributed by atoms with Crippen LogP contribution in [0.15, 0.2) is 10.6 Å². The summed E-state index contributed by atoms with van der Waals surface area (Å²) < 4.78 is 13.0. The quantitative estimate of drug-likeness (QED) is 0.830. The van der Waals surface area contributed by atoms with Crippen LogP contribution in [0.1, 0.15) is 60.2 Å². The van der Waals surface area contributed by atoms with Gasteiger partial charge in [-0.1, -0.05) is 6.42 Å². The second kappa shape index (κ2) is 5.56. The zero-order chi connectivity index (χ0) is 17.9. The van der Waals surface area contributed by atoms with Crippen LogP contribution < -0.4 is 4.74 Å². The predicted octanol–water partition coefficient (Wildman–Crippen LogP) is 1.88. The lowest BCUT2D eigenvalue weighted by molar-refractivity contribution is 0.0772. The lowest BCUT2D eigenvalue weighted by Crippen LogP contribution is -2.35. The number of nitrogens with zero attached hydrogens (tertiary/aromatic N) is 5. The highest BCUT2D eigenvalue weighted by atomic mass is 16.5. The molecule has 0 radical (unpaired) electrons. The van der Waals surface area contributed by atoms with E-state index in [1.54, 1.807) is 25.0 Å². The third-order valence-electron chi connectivity index (χ3n) is 6.26. The zero-order valence-electron chi connectivity index (χ0n) is 15.1. The van der Waals surface area contributed by atoms with Crippen molar-refractivity contribution in [2.45, 2.75) is 43.4 Å². The van der Waals surface area contributed by atoms with Crippen LogP contribution in [0.25, 0.3) is 0 Å². The lowest BCUT2D eigenvalue weighted by atomic mass is 9.80. The number of aromatic nitrogens is 4. The minimum Gasteiger partial charge on any atom is -0.481 e. The molecule has 2 atom stereocenters. The first-order chi connectivity index (χ1) is 12.6. The van der Waals surface area contributed by atoms with Gasteiger partial charge in [-0.05, 0) is 31.6 Å². The topological polar surface area (TPSA) is 86.3 Å². The van der Waals surface area contributed by atoms with Crippen molar-refractivity contribution >= 4 is 5.91 Å². The molecule has 0 spiro atoms. The highest BCUT2D eigenvalue weighted by Crippen LogP contribution is 2.51. The monoisotopic (exact) mass is 357 g/mol. The van der Waals surface area contributed by atoms with Crippen LogP contribution in [-0.4, -0.2) is 51.0 Å². The van der Waals surface area contributed by atoms with E-state index in [0.29, 0.717) is 29.8 Å². The van der Waals surface area contributed by atoms with Gasteiger partial charge >= 0.3 is 0 Å². The summed E-state index contributed by atoms with van der Waals surface area (Å²) in [4.78, 5) is 15.0. The van der Waals surface area contributed by atoms with Crippen molar-refractivity contribution < 1.29 is 13.9 Å². The van der Waals surface area contributed by atoms with Gasteiger partial charge in [0.25, 0.3) is 5.91 Å². The summed E-state index contributed by atoms with van der Waals surface area (Å²) in [7, 11) is 3.33. The first-order valence-electron chi connectivity index (χ1n) is 9.31. The molecule has 2 aromatic heterocycles. The molecule has 0 unspecified atom stereocenters. The van der Waals surface area contributed by atoms with Gasteiger partial charge in [0.05, 0.1) is 18.7 Å². The van der Waals surface area contributed by atoms with E-state index in [9.17, 15) is 4.79 Å². The maximum Gasteiger partial charge on any atom is 0.261 e. The maximum atomic E-state index is 13.1. The number of hydrogen-bond donors (Lipinski definition) is 0. The Morgan fingerprint density at radius 1 is 1.35 bits per heavy atom. The van der Waals surface area contributed by atoms with Crippen LogP contribution in [0.4, 0.5) is 0 Å². The van der Waals surface area contributed by atoms with Crippen molar-refractivity contribution in [3.8, 4) is 5.88 Å². The van der Waals surface area contributed by atoms with E-state index in [1.807, 2.05) is 4.90 Å². The van der Waals surface area contributed by atoms with Gasteiger partial charge in [-0.2, -0.15) is 5.10 Å². The average molecular weight is 357 g/mol. The third-order valence-corrected chi connectivity index (χ3v) is 6.26.